The molecule has 0 radical (unpaired) electrons. The molecule has 0 spiro atoms. The third-order valence-corrected chi connectivity index (χ3v) is 2.94. The molecular weight excluding hydrogens is 204 g/mol. The topological polar surface area (TPSA) is 50.4 Å². The molecule has 16 heavy (non-hydrogen) atoms. The molecule has 1 saturated carbocycles. The van der Waals surface area contributed by atoms with Crippen molar-refractivity contribution in [2.45, 2.75) is 39.2 Å². The summed E-state index contributed by atoms with van der Waals surface area (Å²) in [6.45, 7) is 7.40. The van der Waals surface area contributed by atoms with Crippen LogP contribution < -0.4 is 10.6 Å². The van der Waals surface area contributed by atoms with E-state index in [4.69, 9.17) is 4.74 Å². The molecule has 0 aliphatic heterocycles. The first-order valence-corrected chi connectivity index (χ1v) is 6.35. The number of likely N-dealkylation sites (N-methyl/N-ethyl adjacent to an activating group) is 1. The molecule has 1 aliphatic carbocycles. The van der Waals surface area contributed by atoms with Gasteiger partial charge in [0.1, 0.15) is 0 Å². The lowest BCUT2D eigenvalue weighted by Crippen LogP contribution is -2.37. The summed E-state index contributed by atoms with van der Waals surface area (Å²) < 4.78 is 5.46. The standard InChI is InChI=1S/C12H24N2O2/c1-3-13-5-6-14-12(15)9-10-7-11(8-10)16-4-2/h10-11,13H,3-9H2,1-2H3,(H,14,15). The molecule has 0 aromatic rings. The maximum Gasteiger partial charge on any atom is 0.220 e. The number of carbonyl (C=O) groups excluding carboxylic acids is 1. The zero-order chi connectivity index (χ0) is 11.8. The molecule has 94 valence electrons. The highest BCUT2D eigenvalue weighted by atomic mass is 16.5. The number of carbonyl (C=O) groups is 1. The van der Waals surface area contributed by atoms with Gasteiger partial charge >= 0.3 is 0 Å². The van der Waals surface area contributed by atoms with E-state index in [0.29, 0.717) is 18.4 Å². The molecule has 0 unspecified atom stereocenters. The van der Waals surface area contributed by atoms with Crippen molar-refractivity contribution in [2.24, 2.45) is 5.92 Å². The van der Waals surface area contributed by atoms with E-state index in [1.165, 1.54) is 0 Å². The Balaban J connectivity index is 1.95. The van der Waals surface area contributed by atoms with Crippen LogP contribution >= 0.6 is 0 Å². The number of hydrogen-bond donors (Lipinski definition) is 2. The molecule has 0 saturated heterocycles. The van der Waals surface area contributed by atoms with Gasteiger partial charge in [-0.2, -0.15) is 0 Å². The van der Waals surface area contributed by atoms with Gasteiger partial charge in [-0.3, -0.25) is 4.79 Å². The summed E-state index contributed by atoms with van der Waals surface area (Å²) in [4.78, 5) is 11.5. The first kappa shape index (κ1) is 13.5. The number of amides is 1. The van der Waals surface area contributed by atoms with Gasteiger partial charge in [0.2, 0.25) is 5.91 Å². The van der Waals surface area contributed by atoms with Crippen molar-refractivity contribution in [3.63, 3.8) is 0 Å². The first-order valence-electron chi connectivity index (χ1n) is 6.35. The average molecular weight is 228 g/mol. The van der Waals surface area contributed by atoms with Crippen LogP contribution in [0.3, 0.4) is 0 Å². The maximum atomic E-state index is 11.5. The van der Waals surface area contributed by atoms with E-state index in [0.717, 1.165) is 39.1 Å². The fraction of sp³-hybridized carbons (Fsp3) is 0.917. The van der Waals surface area contributed by atoms with E-state index in [2.05, 4.69) is 17.6 Å². The highest BCUT2D eigenvalue weighted by molar-refractivity contribution is 5.76. The van der Waals surface area contributed by atoms with Gasteiger partial charge in [-0.25, -0.2) is 0 Å². The Kier molecular flexibility index (Phi) is 6.42. The minimum atomic E-state index is 0.179. The van der Waals surface area contributed by atoms with Gasteiger partial charge in [0.15, 0.2) is 0 Å². The first-order chi connectivity index (χ1) is 7.76. The Bertz CT molecular complexity index is 203. The molecule has 4 nitrogen and oxygen atoms in total. The van der Waals surface area contributed by atoms with Gasteiger partial charge in [0.05, 0.1) is 6.10 Å². The summed E-state index contributed by atoms with van der Waals surface area (Å²) in [6, 6.07) is 0. The SMILES string of the molecule is CCNCCNC(=O)CC1CC(OCC)C1. The molecule has 1 fully saturated rings. The van der Waals surface area contributed by atoms with Gasteiger partial charge in [0.25, 0.3) is 0 Å². The monoisotopic (exact) mass is 228 g/mol. The van der Waals surface area contributed by atoms with Crippen molar-refractivity contribution >= 4 is 5.91 Å². The second kappa shape index (κ2) is 7.63. The molecule has 0 aromatic carbocycles. The quantitative estimate of drug-likeness (QED) is 0.607. The lowest BCUT2D eigenvalue weighted by molar-refractivity contribution is -0.124. The third kappa shape index (κ3) is 4.94. The van der Waals surface area contributed by atoms with Crippen LogP contribution in [-0.4, -0.2) is 38.3 Å². The Labute approximate surface area is 98.1 Å². The van der Waals surface area contributed by atoms with Crippen molar-refractivity contribution in [3.05, 3.63) is 0 Å². The fourth-order valence-corrected chi connectivity index (χ4v) is 2.01. The zero-order valence-corrected chi connectivity index (χ0v) is 10.4. The summed E-state index contributed by atoms with van der Waals surface area (Å²) in [5, 5.41) is 6.10. The van der Waals surface area contributed by atoms with E-state index in [-0.39, 0.29) is 5.91 Å². The highest BCUT2D eigenvalue weighted by Crippen LogP contribution is 2.32. The summed E-state index contributed by atoms with van der Waals surface area (Å²) in [7, 11) is 0. The van der Waals surface area contributed by atoms with E-state index in [9.17, 15) is 4.79 Å². The van der Waals surface area contributed by atoms with Crippen LogP contribution in [-0.2, 0) is 9.53 Å². The van der Waals surface area contributed by atoms with Crippen LogP contribution in [0, 0.1) is 5.92 Å². The normalized spacial score (nSPS) is 23.9. The number of ether oxygens (including phenoxy) is 1. The summed E-state index contributed by atoms with van der Waals surface area (Å²) in [5.41, 5.74) is 0. The van der Waals surface area contributed by atoms with E-state index >= 15 is 0 Å². The lowest BCUT2D eigenvalue weighted by Gasteiger charge is -2.34. The van der Waals surface area contributed by atoms with Crippen molar-refractivity contribution in [3.8, 4) is 0 Å². The van der Waals surface area contributed by atoms with Crippen LogP contribution in [0.1, 0.15) is 33.1 Å². The molecule has 0 bridgehead atoms. The summed E-state index contributed by atoms with van der Waals surface area (Å²) in [6.07, 6.45) is 3.17. The molecule has 0 aromatic heterocycles. The van der Waals surface area contributed by atoms with Crippen LogP contribution in [0.5, 0.6) is 0 Å². The van der Waals surface area contributed by atoms with Gasteiger partial charge in [-0.1, -0.05) is 6.92 Å². The summed E-state index contributed by atoms with van der Waals surface area (Å²) in [5.74, 6) is 0.716. The van der Waals surface area contributed by atoms with E-state index < -0.39 is 0 Å². The second-order valence-electron chi connectivity index (χ2n) is 4.32. The predicted octanol–water partition coefficient (Wildman–Crippen LogP) is 0.917. The number of nitrogens with one attached hydrogen (secondary N) is 2. The van der Waals surface area contributed by atoms with Gasteiger partial charge in [-0.05, 0) is 32.2 Å². The fourth-order valence-electron chi connectivity index (χ4n) is 2.01. The smallest absolute Gasteiger partial charge is 0.220 e. The van der Waals surface area contributed by atoms with E-state index in [1.807, 2.05) is 6.92 Å². The Morgan fingerprint density at radius 2 is 2.06 bits per heavy atom. The average Bonchev–Trinajstić information content (AvgIpc) is 2.21. The summed E-state index contributed by atoms with van der Waals surface area (Å²) >= 11 is 0. The Morgan fingerprint density at radius 1 is 1.31 bits per heavy atom. The largest absolute Gasteiger partial charge is 0.378 e. The zero-order valence-electron chi connectivity index (χ0n) is 10.4. The molecule has 0 atom stereocenters. The predicted molar refractivity (Wildman–Crippen MR) is 64.3 cm³/mol. The second-order valence-corrected chi connectivity index (χ2v) is 4.32. The molecule has 4 heteroatoms. The Morgan fingerprint density at radius 3 is 2.69 bits per heavy atom. The van der Waals surface area contributed by atoms with Crippen molar-refractivity contribution < 1.29 is 9.53 Å². The minimum absolute atomic E-state index is 0.179. The van der Waals surface area contributed by atoms with Crippen molar-refractivity contribution in [1.29, 1.82) is 0 Å². The molecule has 2 N–H and O–H groups in total. The van der Waals surface area contributed by atoms with Gasteiger partial charge < -0.3 is 15.4 Å². The lowest BCUT2D eigenvalue weighted by atomic mass is 9.80. The molecule has 1 rings (SSSR count). The van der Waals surface area contributed by atoms with Crippen molar-refractivity contribution in [2.75, 3.05) is 26.2 Å². The minimum Gasteiger partial charge on any atom is -0.378 e. The molecule has 0 heterocycles. The molecule has 1 aliphatic rings. The van der Waals surface area contributed by atoms with Crippen LogP contribution in [0.15, 0.2) is 0 Å². The van der Waals surface area contributed by atoms with Crippen LogP contribution in [0.2, 0.25) is 0 Å². The van der Waals surface area contributed by atoms with Crippen LogP contribution in [0.4, 0.5) is 0 Å². The highest BCUT2D eigenvalue weighted by Gasteiger charge is 2.30. The maximum absolute atomic E-state index is 11.5. The number of rotatable bonds is 8. The van der Waals surface area contributed by atoms with Gasteiger partial charge in [0, 0.05) is 26.1 Å². The molecular formula is C12H24N2O2. The van der Waals surface area contributed by atoms with Gasteiger partial charge in [-0.15, -0.1) is 0 Å². The third-order valence-electron chi connectivity index (χ3n) is 2.94. The number of hydrogen-bond acceptors (Lipinski definition) is 3. The van der Waals surface area contributed by atoms with E-state index in [1.54, 1.807) is 0 Å². The van der Waals surface area contributed by atoms with Crippen molar-refractivity contribution in [1.82, 2.24) is 10.6 Å². The molecule has 1 amide bonds. The Hall–Kier alpha value is -0.610. The van der Waals surface area contributed by atoms with Crippen LogP contribution in [0.25, 0.3) is 0 Å².